The normalized spacial score (nSPS) is 14.9. The summed E-state index contributed by atoms with van der Waals surface area (Å²) in [6, 6.07) is 11.8. The quantitative estimate of drug-likeness (QED) is 0.494. The molecule has 1 aliphatic rings. The third-order valence-corrected chi connectivity index (χ3v) is 7.26. The van der Waals surface area contributed by atoms with E-state index < -0.39 is 21.9 Å². The van der Waals surface area contributed by atoms with E-state index in [9.17, 15) is 17.6 Å². The molecule has 1 fully saturated rings. The Hall–Kier alpha value is -3.44. The van der Waals surface area contributed by atoms with E-state index in [1.54, 1.807) is 24.0 Å². The largest absolute Gasteiger partial charge is 0.374 e. The first-order chi connectivity index (χ1) is 16.7. The van der Waals surface area contributed by atoms with Crippen molar-refractivity contribution in [2.75, 3.05) is 41.1 Å². The van der Waals surface area contributed by atoms with E-state index in [4.69, 9.17) is 11.6 Å². The van der Waals surface area contributed by atoms with E-state index in [0.717, 1.165) is 5.69 Å². The van der Waals surface area contributed by atoms with Gasteiger partial charge in [0.15, 0.2) is 0 Å². The van der Waals surface area contributed by atoms with Crippen molar-refractivity contribution in [3.63, 3.8) is 0 Å². The Labute approximate surface area is 208 Å². The van der Waals surface area contributed by atoms with Crippen LogP contribution in [0.4, 0.5) is 21.6 Å². The van der Waals surface area contributed by atoms with Crippen molar-refractivity contribution in [2.24, 2.45) is 0 Å². The van der Waals surface area contributed by atoms with Gasteiger partial charge in [0.2, 0.25) is 5.91 Å². The number of aromatic nitrogens is 2. The van der Waals surface area contributed by atoms with Gasteiger partial charge < -0.3 is 15.1 Å². The zero-order valence-electron chi connectivity index (χ0n) is 18.9. The van der Waals surface area contributed by atoms with Crippen LogP contribution in [0.15, 0.2) is 66.0 Å². The minimum absolute atomic E-state index is 0.00750. The summed E-state index contributed by atoms with van der Waals surface area (Å²) >= 11 is 5.81. The van der Waals surface area contributed by atoms with Gasteiger partial charge in [-0.3, -0.25) is 9.52 Å². The van der Waals surface area contributed by atoms with E-state index in [0.29, 0.717) is 31.9 Å². The molecule has 1 aromatic heterocycles. The second kappa shape index (κ2) is 10.4. The number of nitrogens with zero attached hydrogens (tertiary/aromatic N) is 4. The highest BCUT2D eigenvalue weighted by atomic mass is 35.5. The van der Waals surface area contributed by atoms with Crippen molar-refractivity contribution in [1.29, 1.82) is 0 Å². The number of amides is 1. The van der Waals surface area contributed by atoms with Gasteiger partial charge in [-0.2, -0.15) is 0 Å². The summed E-state index contributed by atoms with van der Waals surface area (Å²) in [6.45, 7) is 3.99. The summed E-state index contributed by atoms with van der Waals surface area (Å²) in [4.78, 5) is 24.5. The van der Waals surface area contributed by atoms with Gasteiger partial charge in [-0.05, 0) is 55.5 Å². The first-order valence-corrected chi connectivity index (χ1v) is 12.7. The van der Waals surface area contributed by atoms with E-state index in [1.807, 2.05) is 0 Å². The molecule has 35 heavy (non-hydrogen) atoms. The molecule has 4 rings (SSSR count). The molecular formula is C23H24ClFN6O3S. The Bertz CT molecular complexity index is 1290. The summed E-state index contributed by atoms with van der Waals surface area (Å²) < 4.78 is 40.9. The van der Waals surface area contributed by atoms with Gasteiger partial charge >= 0.3 is 0 Å². The number of anilines is 3. The van der Waals surface area contributed by atoms with Crippen molar-refractivity contribution < 1.29 is 17.6 Å². The zero-order valence-corrected chi connectivity index (χ0v) is 20.4. The van der Waals surface area contributed by atoms with Crippen molar-refractivity contribution in [1.82, 2.24) is 14.9 Å². The number of sulfonamides is 1. The molecule has 2 heterocycles. The fourth-order valence-corrected chi connectivity index (χ4v) is 4.93. The first kappa shape index (κ1) is 24.7. The Kier molecular flexibility index (Phi) is 7.37. The number of nitrogens with one attached hydrogen (secondary N) is 2. The van der Waals surface area contributed by atoms with E-state index >= 15 is 0 Å². The molecule has 3 aromatic rings. The number of halogens is 2. The number of benzene rings is 2. The molecule has 0 spiro atoms. The topological polar surface area (TPSA) is 108 Å². The van der Waals surface area contributed by atoms with Crippen molar-refractivity contribution in [2.45, 2.75) is 17.9 Å². The second-order valence-electron chi connectivity index (χ2n) is 8.00. The van der Waals surface area contributed by atoms with Crippen LogP contribution in [0.1, 0.15) is 6.92 Å². The standard InChI is InChI=1S/C23H24ClFN6O3S/c1-16(28-17-2-7-21(25)20(24)14-17)23(32)31-12-10-30(11-13-31)18-3-5-19(6-4-18)35(33,34)29-22-8-9-26-15-27-22/h2-9,14-16,28H,10-13H2,1H3,(H,26,27,29). The first-order valence-electron chi connectivity index (χ1n) is 10.9. The third kappa shape index (κ3) is 5.98. The molecule has 12 heteroatoms. The average Bonchev–Trinajstić information content (AvgIpc) is 2.86. The van der Waals surface area contributed by atoms with Gasteiger partial charge in [-0.15, -0.1) is 0 Å². The lowest BCUT2D eigenvalue weighted by Gasteiger charge is -2.37. The predicted molar refractivity (Wildman–Crippen MR) is 133 cm³/mol. The number of carbonyl (C=O) groups is 1. The average molecular weight is 519 g/mol. The van der Waals surface area contributed by atoms with Crippen molar-refractivity contribution >= 4 is 44.7 Å². The van der Waals surface area contributed by atoms with Gasteiger partial charge in [0.05, 0.1) is 9.92 Å². The highest BCUT2D eigenvalue weighted by molar-refractivity contribution is 7.92. The number of hydrogen-bond donors (Lipinski definition) is 2. The molecule has 0 saturated carbocycles. The Morgan fingerprint density at radius 2 is 1.80 bits per heavy atom. The maximum absolute atomic E-state index is 13.4. The maximum Gasteiger partial charge on any atom is 0.263 e. The molecule has 1 amide bonds. The molecule has 184 valence electrons. The third-order valence-electron chi connectivity index (χ3n) is 5.60. The molecule has 0 radical (unpaired) electrons. The predicted octanol–water partition coefficient (Wildman–Crippen LogP) is 3.22. The number of piperazine rings is 1. The molecule has 0 aliphatic carbocycles. The van der Waals surface area contributed by atoms with Crippen LogP contribution in [0.2, 0.25) is 5.02 Å². The Morgan fingerprint density at radius 3 is 2.43 bits per heavy atom. The molecule has 1 saturated heterocycles. The molecule has 0 bridgehead atoms. The van der Waals surface area contributed by atoms with Crippen LogP contribution in [-0.2, 0) is 14.8 Å². The fourth-order valence-electron chi connectivity index (χ4n) is 3.74. The SMILES string of the molecule is CC(Nc1ccc(F)c(Cl)c1)C(=O)N1CCN(c2ccc(S(=O)(=O)Nc3ccncn3)cc2)CC1. The summed E-state index contributed by atoms with van der Waals surface area (Å²) in [5, 5.41) is 3.05. The van der Waals surface area contributed by atoms with E-state index in [-0.39, 0.29) is 21.6 Å². The van der Waals surface area contributed by atoms with Crippen LogP contribution in [0.3, 0.4) is 0 Å². The monoisotopic (exact) mass is 518 g/mol. The highest BCUT2D eigenvalue weighted by Gasteiger charge is 2.25. The van der Waals surface area contributed by atoms with Gasteiger partial charge in [0, 0.05) is 43.8 Å². The summed E-state index contributed by atoms with van der Waals surface area (Å²) in [5.74, 6) is -0.390. The van der Waals surface area contributed by atoms with E-state index in [2.05, 4.69) is 24.9 Å². The van der Waals surface area contributed by atoms with Gasteiger partial charge in [0.1, 0.15) is 24.0 Å². The lowest BCUT2D eigenvalue weighted by atomic mass is 10.2. The summed E-state index contributed by atoms with van der Waals surface area (Å²) in [7, 11) is -3.77. The molecule has 1 atom stereocenters. The van der Waals surface area contributed by atoms with Crippen LogP contribution in [0.25, 0.3) is 0 Å². The minimum Gasteiger partial charge on any atom is -0.374 e. The van der Waals surface area contributed by atoms with Crippen LogP contribution < -0.4 is 14.9 Å². The lowest BCUT2D eigenvalue weighted by Crippen LogP contribution is -2.52. The molecular weight excluding hydrogens is 495 g/mol. The van der Waals surface area contributed by atoms with Crippen molar-refractivity contribution in [3.05, 3.63) is 71.9 Å². The number of carbonyl (C=O) groups excluding carboxylic acids is 1. The highest BCUT2D eigenvalue weighted by Crippen LogP contribution is 2.22. The van der Waals surface area contributed by atoms with Crippen LogP contribution in [0.5, 0.6) is 0 Å². The zero-order chi connectivity index (χ0) is 25.0. The van der Waals surface area contributed by atoms with Gasteiger partial charge in [-0.1, -0.05) is 11.6 Å². The lowest BCUT2D eigenvalue weighted by molar-refractivity contribution is -0.131. The van der Waals surface area contributed by atoms with Crippen LogP contribution >= 0.6 is 11.6 Å². The number of hydrogen-bond acceptors (Lipinski definition) is 7. The molecule has 1 aliphatic heterocycles. The van der Waals surface area contributed by atoms with E-state index in [1.165, 1.54) is 48.9 Å². The summed E-state index contributed by atoms with van der Waals surface area (Å²) in [5.41, 5.74) is 1.44. The summed E-state index contributed by atoms with van der Waals surface area (Å²) in [6.07, 6.45) is 2.72. The fraction of sp³-hybridized carbons (Fsp3) is 0.261. The van der Waals surface area contributed by atoms with Gasteiger partial charge in [0.25, 0.3) is 10.0 Å². The van der Waals surface area contributed by atoms with Gasteiger partial charge in [-0.25, -0.2) is 22.8 Å². The Balaban J connectivity index is 1.32. The van der Waals surface area contributed by atoms with Crippen LogP contribution in [-0.4, -0.2) is 61.4 Å². The molecule has 9 nitrogen and oxygen atoms in total. The van der Waals surface area contributed by atoms with Crippen LogP contribution in [0, 0.1) is 5.82 Å². The maximum atomic E-state index is 13.4. The smallest absolute Gasteiger partial charge is 0.263 e. The second-order valence-corrected chi connectivity index (χ2v) is 10.1. The minimum atomic E-state index is -3.77. The molecule has 1 unspecified atom stereocenters. The van der Waals surface area contributed by atoms with Crippen molar-refractivity contribution in [3.8, 4) is 0 Å². The molecule has 2 aromatic carbocycles. The number of rotatable bonds is 7. The Morgan fingerprint density at radius 1 is 1.09 bits per heavy atom. The molecule has 2 N–H and O–H groups in total.